The van der Waals surface area contributed by atoms with E-state index in [0.29, 0.717) is 36.4 Å². The number of esters is 1. The van der Waals surface area contributed by atoms with Crippen molar-refractivity contribution in [2.75, 3.05) is 19.8 Å². The van der Waals surface area contributed by atoms with Crippen LogP contribution in [0.15, 0.2) is 48.5 Å². The van der Waals surface area contributed by atoms with Crippen LogP contribution in [0.5, 0.6) is 11.5 Å². The van der Waals surface area contributed by atoms with Crippen LogP contribution in [-0.2, 0) is 16.0 Å². The van der Waals surface area contributed by atoms with Crippen LogP contribution in [0.25, 0.3) is 0 Å². The number of hydrogen-bond donors (Lipinski definition) is 1. The van der Waals surface area contributed by atoms with E-state index in [9.17, 15) is 4.79 Å². The molecule has 0 radical (unpaired) electrons. The average Bonchev–Trinajstić information content (AvgIpc) is 2.75. The van der Waals surface area contributed by atoms with E-state index in [4.69, 9.17) is 26.4 Å². The summed E-state index contributed by atoms with van der Waals surface area (Å²) in [6.45, 7) is 7.09. The third kappa shape index (κ3) is 3.82. The van der Waals surface area contributed by atoms with Gasteiger partial charge in [-0.15, -0.1) is 0 Å². The van der Waals surface area contributed by atoms with E-state index in [-0.39, 0.29) is 12.0 Å². The topological polar surface area (TPSA) is 60.0 Å². The zero-order valence-corrected chi connectivity index (χ0v) is 18.9. The van der Waals surface area contributed by atoms with Gasteiger partial charge in [-0.2, -0.15) is 0 Å². The van der Waals surface area contributed by atoms with E-state index in [0.717, 1.165) is 12.0 Å². The van der Waals surface area contributed by atoms with Crippen LogP contribution in [0.2, 0.25) is 0 Å². The lowest BCUT2D eigenvalue weighted by Gasteiger charge is -2.55. The molecule has 31 heavy (non-hydrogen) atoms. The molecule has 2 aliphatic heterocycles. The van der Waals surface area contributed by atoms with Crippen LogP contribution in [-0.4, -0.2) is 41.5 Å². The first kappa shape index (κ1) is 21.4. The van der Waals surface area contributed by atoms with Gasteiger partial charge in [-0.25, -0.2) is 0 Å². The molecule has 6 nitrogen and oxygen atoms in total. The Kier molecular flexibility index (Phi) is 6.05. The van der Waals surface area contributed by atoms with Gasteiger partial charge in [-0.1, -0.05) is 42.5 Å². The number of thiocarbonyl (C=S) groups is 1. The van der Waals surface area contributed by atoms with Crippen molar-refractivity contribution in [1.29, 1.82) is 0 Å². The van der Waals surface area contributed by atoms with Crippen molar-refractivity contribution >= 4 is 23.3 Å². The van der Waals surface area contributed by atoms with Crippen molar-refractivity contribution in [2.45, 2.75) is 39.0 Å². The number of hydrogen-bond acceptors (Lipinski definition) is 5. The summed E-state index contributed by atoms with van der Waals surface area (Å²) in [6, 6.07) is 15.6. The lowest BCUT2D eigenvalue weighted by Crippen LogP contribution is -2.71. The van der Waals surface area contributed by atoms with Gasteiger partial charge in [-0.3, -0.25) is 4.79 Å². The van der Waals surface area contributed by atoms with E-state index >= 15 is 0 Å². The number of para-hydroxylation sites is 1. The molecule has 0 saturated carbocycles. The van der Waals surface area contributed by atoms with Gasteiger partial charge in [-0.05, 0) is 51.0 Å². The highest BCUT2D eigenvalue weighted by molar-refractivity contribution is 7.80. The summed E-state index contributed by atoms with van der Waals surface area (Å²) in [5.41, 5.74) is 1.04. The molecule has 164 valence electrons. The number of benzene rings is 2. The summed E-state index contributed by atoms with van der Waals surface area (Å²) in [6.07, 6.45) is 0.766. The maximum absolute atomic E-state index is 13.1. The lowest BCUT2D eigenvalue weighted by molar-refractivity contribution is -0.175. The predicted molar refractivity (Wildman–Crippen MR) is 122 cm³/mol. The first-order chi connectivity index (χ1) is 15.0. The molecule has 2 aromatic carbocycles. The fraction of sp³-hybridized carbons (Fsp3) is 0.417. The van der Waals surface area contributed by atoms with Gasteiger partial charge in [0.2, 0.25) is 0 Å². The highest BCUT2D eigenvalue weighted by Crippen LogP contribution is 2.51. The molecular weight excluding hydrogens is 412 g/mol. The van der Waals surface area contributed by atoms with E-state index in [1.807, 2.05) is 62.1 Å². The average molecular weight is 441 g/mol. The summed E-state index contributed by atoms with van der Waals surface area (Å²) in [7, 11) is 0. The molecule has 0 aromatic heterocycles. The van der Waals surface area contributed by atoms with Gasteiger partial charge < -0.3 is 24.4 Å². The number of fused-ring (bicyclic) bond motifs is 4. The second kappa shape index (κ2) is 8.75. The fourth-order valence-corrected chi connectivity index (χ4v) is 4.91. The molecule has 0 aliphatic carbocycles. The van der Waals surface area contributed by atoms with Crippen LogP contribution in [0.4, 0.5) is 0 Å². The van der Waals surface area contributed by atoms with Crippen molar-refractivity contribution < 1.29 is 19.0 Å². The summed E-state index contributed by atoms with van der Waals surface area (Å²) in [5.74, 6) is 0.426. The maximum Gasteiger partial charge on any atom is 0.317 e. The first-order valence-corrected chi connectivity index (χ1v) is 11.1. The highest BCUT2D eigenvalue weighted by atomic mass is 32.1. The van der Waals surface area contributed by atoms with Crippen molar-refractivity contribution in [2.24, 2.45) is 5.92 Å². The monoisotopic (exact) mass is 440 g/mol. The zero-order valence-electron chi connectivity index (χ0n) is 18.1. The van der Waals surface area contributed by atoms with Crippen LogP contribution in [0.1, 0.15) is 37.9 Å². The minimum atomic E-state index is -1.01. The van der Waals surface area contributed by atoms with Gasteiger partial charge in [0.1, 0.15) is 5.92 Å². The Morgan fingerprint density at radius 1 is 1.16 bits per heavy atom. The van der Waals surface area contributed by atoms with Gasteiger partial charge in [0, 0.05) is 12.1 Å². The van der Waals surface area contributed by atoms with Crippen molar-refractivity contribution in [3.63, 3.8) is 0 Å². The Hall–Kier alpha value is -2.80. The third-order valence-electron chi connectivity index (χ3n) is 5.93. The standard InChI is InChI=1S/C24H28N2O4S/c1-4-28-18-13-9-12-17-20-19(22(27)29-5-2)24(3,30-21(17)18)26(23(31)25-20)15-14-16-10-7-6-8-11-16/h6-13,19-20H,4-5,14-15H2,1-3H3,(H,25,31)/t19-,20+,24+/m1/s1. The Labute approximate surface area is 188 Å². The smallest absolute Gasteiger partial charge is 0.317 e. The molecule has 2 heterocycles. The summed E-state index contributed by atoms with van der Waals surface area (Å²) < 4.78 is 17.9. The van der Waals surface area contributed by atoms with E-state index in [2.05, 4.69) is 17.4 Å². The summed E-state index contributed by atoms with van der Waals surface area (Å²) in [5, 5.41) is 3.96. The number of carbonyl (C=O) groups excluding carboxylic acids is 1. The van der Waals surface area contributed by atoms with E-state index < -0.39 is 11.6 Å². The van der Waals surface area contributed by atoms with Crippen molar-refractivity contribution in [3.8, 4) is 11.5 Å². The molecule has 1 fully saturated rings. The van der Waals surface area contributed by atoms with Crippen LogP contribution in [0.3, 0.4) is 0 Å². The number of rotatable bonds is 7. The molecule has 0 amide bonds. The SMILES string of the molecule is CCOC(=O)[C@H]1[C@H]2NC(=S)N(CCc3ccccc3)[C@@]1(C)Oc1c(OCC)cccc12. The van der Waals surface area contributed by atoms with Crippen LogP contribution >= 0.6 is 12.2 Å². The van der Waals surface area contributed by atoms with Gasteiger partial charge >= 0.3 is 5.97 Å². The van der Waals surface area contributed by atoms with Gasteiger partial charge in [0.25, 0.3) is 0 Å². The Morgan fingerprint density at radius 2 is 1.94 bits per heavy atom. The minimum absolute atomic E-state index is 0.304. The lowest BCUT2D eigenvalue weighted by atomic mass is 9.79. The molecule has 2 aromatic rings. The Bertz CT molecular complexity index is 967. The largest absolute Gasteiger partial charge is 0.490 e. The molecule has 0 unspecified atom stereocenters. The molecule has 0 spiro atoms. The summed E-state index contributed by atoms with van der Waals surface area (Å²) >= 11 is 5.74. The second-order valence-electron chi connectivity index (χ2n) is 7.81. The Morgan fingerprint density at radius 3 is 2.65 bits per heavy atom. The van der Waals surface area contributed by atoms with Crippen LogP contribution in [0, 0.1) is 5.92 Å². The molecule has 7 heteroatoms. The highest BCUT2D eigenvalue weighted by Gasteiger charge is 2.59. The minimum Gasteiger partial charge on any atom is -0.490 e. The quantitative estimate of drug-likeness (QED) is 0.518. The van der Waals surface area contributed by atoms with Crippen molar-refractivity contribution in [1.82, 2.24) is 10.2 Å². The number of carbonyl (C=O) groups is 1. The first-order valence-electron chi connectivity index (χ1n) is 10.7. The van der Waals surface area contributed by atoms with E-state index in [1.54, 1.807) is 0 Å². The van der Waals surface area contributed by atoms with E-state index in [1.165, 1.54) is 5.56 Å². The number of ether oxygens (including phenoxy) is 3. The zero-order chi connectivity index (χ0) is 22.0. The number of nitrogens with one attached hydrogen (secondary N) is 1. The summed E-state index contributed by atoms with van der Waals surface area (Å²) in [4.78, 5) is 15.1. The molecule has 4 rings (SSSR count). The molecule has 3 atom stereocenters. The van der Waals surface area contributed by atoms with Crippen LogP contribution < -0.4 is 14.8 Å². The van der Waals surface area contributed by atoms with Crippen molar-refractivity contribution in [3.05, 3.63) is 59.7 Å². The predicted octanol–water partition coefficient (Wildman–Crippen LogP) is 3.85. The third-order valence-corrected chi connectivity index (χ3v) is 6.27. The number of nitrogens with zero attached hydrogens (tertiary/aromatic N) is 1. The van der Waals surface area contributed by atoms with Gasteiger partial charge in [0.05, 0.1) is 19.3 Å². The second-order valence-corrected chi connectivity index (χ2v) is 8.20. The molecule has 2 bridgehead atoms. The maximum atomic E-state index is 13.1. The fourth-order valence-electron chi connectivity index (χ4n) is 4.51. The molecular formula is C24H28N2O4S. The van der Waals surface area contributed by atoms with Gasteiger partial charge in [0.15, 0.2) is 22.3 Å². The molecule has 1 N–H and O–H groups in total. The molecule has 1 saturated heterocycles. The normalized spacial score (nSPS) is 24.0. The molecule has 2 aliphatic rings. The Balaban J connectivity index is 1.75.